The highest BCUT2D eigenvalue weighted by Crippen LogP contribution is 2.17. The molecule has 0 aliphatic rings. The van der Waals surface area contributed by atoms with Crippen molar-refractivity contribution in [3.63, 3.8) is 0 Å². The molecule has 0 aliphatic carbocycles. The van der Waals surface area contributed by atoms with E-state index in [2.05, 4.69) is 10.4 Å². The molecule has 1 aromatic heterocycles. The van der Waals surface area contributed by atoms with E-state index < -0.39 is 22.3 Å². The number of nitrogens with zero attached hydrogens (tertiary/aromatic N) is 3. The minimum absolute atomic E-state index is 0.0234. The molecule has 0 fully saturated rings. The van der Waals surface area contributed by atoms with E-state index in [1.54, 1.807) is 24.0 Å². The van der Waals surface area contributed by atoms with Gasteiger partial charge in [-0.15, -0.1) is 0 Å². The highest BCUT2D eigenvalue weighted by atomic mass is 19.1. The van der Waals surface area contributed by atoms with Crippen LogP contribution < -0.4 is 5.32 Å². The van der Waals surface area contributed by atoms with Crippen molar-refractivity contribution in [1.29, 1.82) is 0 Å². The van der Waals surface area contributed by atoms with Crippen LogP contribution in [0.25, 0.3) is 0 Å². The van der Waals surface area contributed by atoms with Crippen LogP contribution >= 0.6 is 0 Å². The maximum absolute atomic E-state index is 13.4. The quantitative estimate of drug-likeness (QED) is 0.676. The van der Waals surface area contributed by atoms with Gasteiger partial charge in [0, 0.05) is 24.9 Å². The summed E-state index contributed by atoms with van der Waals surface area (Å²) in [6, 6.07) is 4.75. The smallest absolute Gasteiger partial charge is 0.304 e. The molecular formula is C12H11FN4O3. The molecule has 2 rings (SSSR count). The molecule has 1 aromatic carbocycles. The Balaban J connectivity index is 2.08. The van der Waals surface area contributed by atoms with Crippen molar-refractivity contribution in [2.75, 3.05) is 0 Å². The third kappa shape index (κ3) is 2.79. The van der Waals surface area contributed by atoms with Crippen molar-refractivity contribution < 1.29 is 14.1 Å². The second kappa shape index (κ2) is 5.47. The summed E-state index contributed by atoms with van der Waals surface area (Å²) in [6.07, 6.45) is 1.59. The lowest BCUT2D eigenvalue weighted by Gasteiger charge is -2.05. The molecule has 104 valence electrons. The Morgan fingerprint density at radius 2 is 2.25 bits per heavy atom. The van der Waals surface area contributed by atoms with E-state index in [1.165, 1.54) is 6.07 Å². The standard InChI is InChI=1S/C12H11FN4O3/c1-16-9(4-5-15-16)7-14-12(18)8-2-3-11(17(19)20)10(13)6-8/h2-6H,7H2,1H3,(H,14,18). The molecule has 1 N–H and O–H groups in total. The Labute approximate surface area is 113 Å². The number of halogens is 1. The fraction of sp³-hybridized carbons (Fsp3) is 0.167. The minimum atomic E-state index is -1.04. The van der Waals surface area contributed by atoms with Crippen LogP contribution in [0.5, 0.6) is 0 Å². The second-order valence-electron chi connectivity index (χ2n) is 4.05. The number of nitrogens with one attached hydrogen (secondary N) is 1. The van der Waals surface area contributed by atoms with E-state index in [4.69, 9.17) is 0 Å². The molecule has 0 atom stereocenters. The molecule has 0 saturated heterocycles. The van der Waals surface area contributed by atoms with Gasteiger partial charge in [-0.2, -0.15) is 9.49 Å². The van der Waals surface area contributed by atoms with Gasteiger partial charge in [-0.1, -0.05) is 0 Å². The van der Waals surface area contributed by atoms with Crippen molar-refractivity contribution in [3.05, 3.63) is 57.7 Å². The van der Waals surface area contributed by atoms with Crippen LogP contribution in [0.15, 0.2) is 30.5 Å². The predicted octanol–water partition coefficient (Wildman–Crippen LogP) is 1.40. The first-order valence-corrected chi connectivity index (χ1v) is 5.68. The lowest BCUT2D eigenvalue weighted by atomic mass is 10.2. The van der Waals surface area contributed by atoms with E-state index >= 15 is 0 Å². The summed E-state index contributed by atoms with van der Waals surface area (Å²) in [5, 5.41) is 17.0. The van der Waals surface area contributed by atoms with Gasteiger partial charge in [0.25, 0.3) is 5.91 Å². The van der Waals surface area contributed by atoms with Gasteiger partial charge < -0.3 is 5.32 Å². The molecule has 8 heteroatoms. The largest absolute Gasteiger partial charge is 0.346 e. The molecule has 0 spiro atoms. The van der Waals surface area contributed by atoms with E-state index in [-0.39, 0.29) is 12.1 Å². The van der Waals surface area contributed by atoms with E-state index in [0.29, 0.717) is 0 Å². The number of carbonyl (C=O) groups excluding carboxylic acids is 1. The van der Waals surface area contributed by atoms with Gasteiger partial charge in [-0.05, 0) is 18.2 Å². The summed E-state index contributed by atoms with van der Waals surface area (Å²) in [5.74, 6) is -1.55. The second-order valence-corrected chi connectivity index (χ2v) is 4.05. The van der Waals surface area contributed by atoms with Crippen molar-refractivity contribution in [1.82, 2.24) is 15.1 Å². The number of nitro benzene ring substituents is 1. The van der Waals surface area contributed by atoms with Crippen LogP contribution in [-0.4, -0.2) is 20.6 Å². The van der Waals surface area contributed by atoms with Gasteiger partial charge in [0.2, 0.25) is 5.82 Å². The fourth-order valence-electron chi connectivity index (χ4n) is 1.64. The Bertz CT molecular complexity index is 668. The summed E-state index contributed by atoms with van der Waals surface area (Å²) < 4.78 is 15.0. The van der Waals surface area contributed by atoms with Crippen LogP contribution in [-0.2, 0) is 13.6 Å². The van der Waals surface area contributed by atoms with Gasteiger partial charge in [0.1, 0.15) is 0 Å². The monoisotopic (exact) mass is 278 g/mol. The van der Waals surface area contributed by atoms with Gasteiger partial charge >= 0.3 is 5.69 Å². The summed E-state index contributed by atoms with van der Waals surface area (Å²) in [6.45, 7) is 0.230. The van der Waals surface area contributed by atoms with Gasteiger partial charge in [0.05, 0.1) is 17.2 Å². The topological polar surface area (TPSA) is 90.1 Å². The number of hydrogen-bond donors (Lipinski definition) is 1. The lowest BCUT2D eigenvalue weighted by Crippen LogP contribution is -2.24. The zero-order chi connectivity index (χ0) is 14.7. The fourth-order valence-corrected chi connectivity index (χ4v) is 1.64. The van der Waals surface area contributed by atoms with Gasteiger partial charge in [-0.25, -0.2) is 0 Å². The van der Waals surface area contributed by atoms with Gasteiger partial charge in [0.15, 0.2) is 0 Å². The average molecular weight is 278 g/mol. The Morgan fingerprint density at radius 1 is 1.50 bits per heavy atom. The molecular weight excluding hydrogens is 267 g/mol. The molecule has 1 heterocycles. The maximum Gasteiger partial charge on any atom is 0.304 e. The molecule has 1 amide bonds. The molecule has 0 radical (unpaired) electrons. The van der Waals surface area contributed by atoms with Crippen LogP contribution in [0.3, 0.4) is 0 Å². The summed E-state index contributed by atoms with van der Waals surface area (Å²) in [7, 11) is 1.73. The van der Waals surface area contributed by atoms with Gasteiger partial charge in [-0.3, -0.25) is 19.6 Å². The first-order chi connectivity index (χ1) is 9.49. The number of nitro groups is 1. The molecule has 0 aliphatic heterocycles. The van der Waals surface area contributed by atoms with Crippen molar-refractivity contribution >= 4 is 11.6 Å². The number of hydrogen-bond acceptors (Lipinski definition) is 4. The van der Waals surface area contributed by atoms with E-state index in [0.717, 1.165) is 17.8 Å². The van der Waals surface area contributed by atoms with Crippen molar-refractivity contribution in [2.45, 2.75) is 6.54 Å². The highest BCUT2D eigenvalue weighted by Gasteiger charge is 2.16. The number of rotatable bonds is 4. The van der Waals surface area contributed by atoms with Crippen LogP contribution in [0.2, 0.25) is 0 Å². The molecule has 0 unspecified atom stereocenters. The van der Waals surface area contributed by atoms with E-state index in [9.17, 15) is 19.3 Å². The number of amides is 1. The molecule has 2 aromatic rings. The lowest BCUT2D eigenvalue weighted by molar-refractivity contribution is -0.387. The zero-order valence-corrected chi connectivity index (χ0v) is 10.5. The number of aromatic nitrogens is 2. The number of benzene rings is 1. The first kappa shape index (κ1) is 13.7. The first-order valence-electron chi connectivity index (χ1n) is 5.68. The Morgan fingerprint density at radius 3 is 2.80 bits per heavy atom. The third-order valence-corrected chi connectivity index (χ3v) is 2.76. The van der Waals surface area contributed by atoms with Crippen molar-refractivity contribution in [3.8, 4) is 0 Å². The molecule has 0 saturated carbocycles. The summed E-state index contributed by atoms with van der Waals surface area (Å²) in [5.41, 5.74) is 0.143. The number of aryl methyl sites for hydroxylation is 1. The summed E-state index contributed by atoms with van der Waals surface area (Å²) >= 11 is 0. The average Bonchev–Trinajstić information content (AvgIpc) is 2.81. The Hall–Kier alpha value is -2.77. The molecule has 7 nitrogen and oxygen atoms in total. The summed E-state index contributed by atoms with van der Waals surface area (Å²) in [4.78, 5) is 21.4. The van der Waals surface area contributed by atoms with Crippen molar-refractivity contribution in [2.24, 2.45) is 7.05 Å². The normalized spacial score (nSPS) is 10.3. The molecule has 20 heavy (non-hydrogen) atoms. The van der Waals surface area contributed by atoms with Crippen LogP contribution in [0.1, 0.15) is 16.1 Å². The zero-order valence-electron chi connectivity index (χ0n) is 10.5. The maximum atomic E-state index is 13.4. The highest BCUT2D eigenvalue weighted by molar-refractivity contribution is 5.94. The number of carbonyl (C=O) groups is 1. The van der Waals surface area contributed by atoms with Crippen LogP contribution in [0, 0.1) is 15.9 Å². The van der Waals surface area contributed by atoms with E-state index in [1.807, 2.05) is 0 Å². The SMILES string of the molecule is Cn1nccc1CNC(=O)c1ccc([N+](=O)[O-])c(F)c1. The third-order valence-electron chi connectivity index (χ3n) is 2.76. The Kier molecular flexibility index (Phi) is 3.74. The molecule has 0 bridgehead atoms. The van der Waals surface area contributed by atoms with Crippen LogP contribution in [0.4, 0.5) is 10.1 Å². The predicted molar refractivity (Wildman–Crippen MR) is 67.4 cm³/mol. The minimum Gasteiger partial charge on any atom is -0.346 e.